The van der Waals surface area contributed by atoms with Crippen LogP contribution in [0.5, 0.6) is 23.0 Å². The first-order valence-electron chi connectivity index (χ1n) is 9.19. The van der Waals surface area contributed by atoms with Crippen LogP contribution >= 0.6 is 11.3 Å². The average molecular weight is 429 g/mol. The number of aryl methyl sites for hydroxylation is 1. The third kappa shape index (κ3) is 4.65. The number of methoxy groups -OCH3 is 4. The summed E-state index contributed by atoms with van der Waals surface area (Å²) in [6, 6.07) is 11.2. The van der Waals surface area contributed by atoms with E-state index < -0.39 is 0 Å². The number of carbonyl (C=O) groups excluding carboxylic acids is 1. The van der Waals surface area contributed by atoms with Gasteiger partial charge in [-0.15, -0.1) is 11.3 Å². The average Bonchev–Trinajstić information content (AvgIpc) is 3.12. The Hall–Kier alpha value is -3.26. The van der Waals surface area contributed by atoms with Gasteiger partial charge in [-0.05, 0) is 48.9 Å². The van der Waals surface area contributed by atoms with Crippen molar-refractivity contribution in [2.75, 3.05) is 33.8 Å². The lowest BCUT2D eigenvalue weighted by molar-refractivity contribution is -0.115. The van der Waals surface area contributed by atoms with E-state index in [1.807, 2.05) is 31.2 Å². The molecular weight excluding hydrogens is 404 g/mol. The van der Waals surface area contributed by atoms with Gasteiger partial charge in [0.1, 0.15) is 5.75 Å². The number of anilines is 1. The summed E-state index contributed by atoms with van der Waals surface area (Å²) < 4.78 is 21.2. The number of nitrogens with zero attached hydrogens (tertiary/aromatic N) is 1. The van der Waals surface area contributed by atoms with Crippen LogP contribution in [0.4, 0.5) is 5.13 Å². The fraction of sp³-hybridized carbons (Fsp3) is 0.273. The summed E-state index contributed by atoms with van der Waals surface area (Å²) >= 11 is 1.44. The Kier molecular flexibility index (Phi) is 6.79. The maximum Gasteiger partial charge on any atom is 0.230 e. The third-order valence-corrected chi connectivity index (χ3v) is 5.38. The Morgan fingerprint density at radius 2 is 1.60 bits per heavy atom. The number of aromatic nitrogens is 1. The highest BCUT2D eigenvalue weighted by Crippen LogP contribution is 2.38. The SMILES string of the molecule is COc1ccc(-c2nc(NC(=O)Cc3cc(OC)c(OC)c(OC)c3)sc2C)cc1. The van der Waals surface area contributed by atoms with Crippen molar-refractivity contribution in [3.05, 3.63) is 46.8 Å². The highest BCUT2D eigenvalue weighted by atomic mass is 32.1. The third-order valence-electron chi connectivity index (χ3n) is 4.50. The van der Waals surface area contributed by atoms with E-state index >= 15 is 0 Å². The molecule has 0 bridgehead atoms. The Morgan fingerprint density at radius 1 is 0.967 bits per heavy atom. The van der Waals surface area contributed by atoms with Crippen LogP contribution in [0.3, 0.4) is 0 Å². The second-order valence-corrected chi connectivity index (χ2v) is 7.61. The van der Waals surface area contributed by atoms with E-state index in [0.29, 0.717) is 22.4 Å². The summed E-state index contributed by atoms with van der Waals surface area (Å²) in [5.74, 6) is 2.10. The minimum atomic E-state index is -0.181. The maximum atomic E-state index is 12.6. The van der Waals surface area contributed by atoms with Crippen LogP contribution in [0, 0.1) is 6.92 Å². The van der Waals surface area contributed by atoms with E-state index in [1.165, 1.54) is 18.4 Å². The highest BCUT2D eigenvalue weighted by molar-refractivity contribution is 7.16. The zero-order chi connectivity index (χ0) is 21.7. The van der Waals surface area contributed by atoms with E-state index in [1.54, 1.807) is 33.5 Å². The number of hydrogen-bond donors (Lipinski definition) is 1. The molecule has 3 rings (SSSR count). The molecule has 0 spiro atoms. The molecule has 0 atom stereocenters. The first-order chi connectivity index (χ1) is 14.5. The van der Waals surface area contributed by atoms with Crippen LogP contribution in [0.15, 0.2) is 36.4 Å². The predicted octanol–water partition coefficient (Wildman–Crippen LogP) is 4.33. The predicted molar refractivity (Wildman–Crippen MR) is 117 cm³/mol. The summed E-state index contributed by atoms with van der Waals surface area (Å²) in [6.07, 6.45) is 0.146. The molecule has 2 aromatic carbocycles. The lowest BCUT2D eigenvalue weighted by atomic mass is 10.1. The molecule has 3 aromatic rings. The second-order valence-electron chi connectivity index (χ2n) is 6.41. The Bertz CT molecular complexity index is 1010. The molecule has 1 aromatic heterocycles. The summed E-state index contributed by atoms with van der Waals surface area (Å²) in [5.41, 5.74) is 2.55. The summed E-state index contributed by atoms with van der Waals surface area (Å²) in [4.78, 5) is 18.2. The Balaban J connectivity index is 1.75. The van der Waals surface area contributed by atoms with Crippen molar-refractivity contribution < 1.29 is 23.7 Å². The number of ether oxygens (including phenoxy) is 4. The zero-order valence-electron chi connectivity index (χ0n) is 17.6. The minimum absolute atomic E-state index is 0.146. The molecule has 0 saturated carbocycles. The van der Waals surface area contributed by atoms with Crippen molar-refractivity contribution in [3.8, 4) is 34.3 Å². The van der Waals surface area contributed by atoms with E-state index in [9.17, 15) is 4.79 Å². The molecule has 7 nitrogen and oxygen atoms in total. The zero-order valence-corrected chi connectivity index (χ0v) is 18.4. The van der Waals surface area contributed by atoms with Gasteiger partial charge >= 0.3 is 0 Å². The van der Waals surface area contributed by atoms with E-state index in [2.05, 4.69) is 10.3 Å². The lowest BCUT2D eigenvalue weighted by Crippen LogP contribution is -2.14. The molecule has 0 aliphatic heterocycles. The van der Waals surface area contributed by atoms with Gasteiger partial charge < -0.3 is 24.3 Å². The number of amides is 1. The van der Waals surface area contributed by atoms with Crippen LogP contribution in [-0.4, -0.2) is 39.3 Å². The quantitative estimate of drug-likeness (QED) is 0.575. The van der Waals surface area contributed by atoms with E-state index in [-0.39, 0.29) is 12.3 Å². The highest BCUT2D eigenvalue weighted by Gasteiger charge is 2.16. The van der Waals surface area contributed by atoms with E-state index in [0.717, 1.165) is 27.4 Å². The lowest BCUT2D eigenvalue weighted by Gasteiger charge is -2.13. The smallest absolute Gasteiger partial charge is 0.230 e. The molecule has 0 aliphatic rings. The number of rotatable bonds is 8. The van der Waals surface area contributed by atoms with Gasteiger partial charge in [-0.25, -0.2) is 4.98 Å². The monoisotopic (exact) mass is 428 g/mol. The molecule has 0 saturated heterocycles. The van der Waals surface area contributed by atoms with Gasteiger partial charge in [-0.1, -0.05) is 0 Å². The standard InChI is InChI=1S/C22H24N2O5S/c1-13-20(15-6-8-16(26-2)9-7-15)24-22(30-13)23-19(25)12-14-10-17(27-3)21(29-5)18(11-14)28-4/h6-11H,12H2,1-5H3,(H,23,24,25). The first kappa shape index (κ1) is 21.4. The number of nitrogens with one attached hydrogen (secondary N) is 1. The molecule has 1 heterocycles. The van der Waals surface area contributed by atoms with Gasteiger partial charge in [0.25, 0.3) is 0 Å². The molecule has 1 N–H and O–H groups in total. The van der Waals surface area contributed by atoms with Gasteiger partial charge in [0, 0.05) is 10.4 Å². The van der Waals surface area contributed by atoms with Gasteiger partial charge in [0.15, 0.2) is 16.6 Å². The van der Waals surface area contributed by atoms with Crippen LogP contribution in [0.2, 0.25) is 0 Å². The Labute approximate surface area is 179 Å². The van der Waals surface area contributed by atoms with Crippen molar-refractivity contribution in [2.24, 2.45) is 0 Å². The molecular formula is C22H24N2O5S. The fourth-order valence-corrected chi connectivity index (χ4v) is 3.90. The van der Waals surface area contributed by atoms with Crippen LogP contribution in [0.25, 0.3) is 11.3 Å². The molecule has 0 radical (unpaired) electrons. The Morgan fingerprint density at radius 3 is 2.13 bits per heavy atom. The van der Waals surface area contributed by atoms with Gasteiger partial charge in [0.05, 0.1) is 40.6 Å². The van der Waals surface area contributed by atoms with Crippen molar-refractivity contribution in [1.29, 1.82) is 0 Å². The van der Waals surface area contributed by atoms with Gasteiger partial charge in [-0.3, -0.25) is 4.79 Å². The summed E-state index contributed by atoms with van der Waals surface area (Å²) in [5, 5.41) is 3.43. The largest absolute Gasteiger partial charge is 0.497 e. The molecule has 0 aliphatic carbocycles. The second kappa shape index (κ2) is 9.49. The minimum Gasteiger partial charge on any atom is -0.497 e. The molecule has 1 amide bonds. The number of hydrogen-bond acceptors (Lipinski definition) is 7. The van der Waals surface area contributed by atoms with Crippen molar-refractivity contribution in [2.45, 2.75) is 13.3 Å². The summed E-state index contributed by atoms with van der Waals surface area (Å²) in [7, 11) is 6.25. The number of benzene rings is 2. The van der Waals surface area contributed by atoms with Gasteiger partial charge in [-0.2, -0.15) is 0 Å². The van der Waals surface area contributed by atoms with Crippen LogP contribution < -0.4 is 24.3 Å². The van der Waals surface area contributed by atoms with Gasteiger partial charge in [0.2, 0.25) is 11.7 Å². The first-order valence-corrected chi connectivity index (χ1v) is 10.0. The number of carbonyl (C=O) groups is 1. The van der Waals surface area contributed by atoms with Crippen LogP contribution in [0.1, 0.15) is 10.4 Å². The summed E-state index contributed by atoms with van der Waals surface area (Å²) in [6.45, 7) is 1.98. The van der Waals surface area contributed by atoms with Crippen LogP contribution in [-0.2, 0) is 11.2 Å². The molecule has 0 unspecified atom stereocenters. The fourth-order valence-electron chi connectivity index (χ4n) is 3.05. The van der Waals surface area contributed by atoms with E-state index in [4.69, 9.17) is 18.9 Å². The van der Waals surface area contributed by atoms with Crippen molar-refractivity contribution >= 4 is 22.4 Å². The normalized spacial score (nSPS) is 10.4. The maximum absolute atomic E-state index is 12.6. The topological polar surface area (TPSA) is 78.9 Å². The molecule has 0 fully saturated rings. The molecule has 158 valence electrons. The van der Waals surface area contributed by atoms with Crippen molar-refractivity contribution in [3.63, 3.8) is 0 Å². The molecule has 30 heavy (non-hydrogen) atoms. The van der Waals surface area contributed by atoms with Crippen molar-refractivity contribution in [1.82, 2.24) is 4.98 Å². The number of thiazole rings is 1. The molecule has 8 heteroatoms.